The van der Waals surface area contributed by atoms with E-state index >= 15 is 0 Å². The van der Waals surface area contributed by atoms with E-state index in [1.807, 2.05) is 0 Å². The normalized spacial score (nSPS) is 11.3. The molecule has 0 heterocycles. The van der Waals surface area contributed by atoms with Gasteiger partial charge in [0, 0.05) is 12.2 Å². The Balaban J connectivity index is 2.74. The minimum Gasteiger partial charge on any atom is -0.284 e. The number of rotatable bonds is 4. The molecule has 0 saturated carbocycles. The molecule has 0 saturated heterocycles. The molecule has 0 unspecified atom stereocenters. The first kappa shape index (κ1) is 11.0. The Labute approximate surface area is 83.3 Å². The summed E-state index contributed by atoms with van der Waals surface area (Å²) in [7, 11) is -3.19. The predicted octanol–water partition coefficient (Wildman–Crippen LogP) is 0.0214. The number of sulfonamides is 1. The average molecular weight is 215 g/mol. The van der Waals surface area contributed by atoms with Gasteiger partial charge in [-0.3, -0.25) is 16.0 Å². The summed E-state index contributed by atoms with van der Waals surface area (Å²) in [5, 5.41) is 0. The lowest BCUT2D eigenvalue weighted by atomic mass is 10.2. The molecular weight excluding hydrogens is 202 g/mol. The van der Waals surface area contributed by atoms with Gasteiger partial charge in [0.1, 0.15) is 0 Å². The molecule has 78 valence electrons. The molecule has 4 N–H and O–H groups in total. The fourth-order valence-corrected chi connectivity index (χ4v) is 1.59. The first-order chi connectivity index (χ1) is 6.51. The van der Waals surface area contributed by atoms with Crippen LogP contribution in [0, 0.1) is 0 Å². The van der Waals surface area contributed by atoms with E-state index in [0.29, 0.717) is 12.2 Å². The second-order valence-corrected chi connectivity index (χ2v) is 4.70. The van der Waals surface area contributed by atoms with E-state index in [1.165, 1.54) is 0 Å². The van der Waals surface area contributed by atoms with Gasteiger partial charge in [-0.25, -0.2) is 8.42 Å². The molecule has 0 fully saturated rings. The molecule has 5 nitrogen and oxygen atoms in total. The Morgan fingerprint density at radius 3 is 2.29 bits per heavy atom. The van der Waals surface area contributed by atoms with E-state index in [9.17, 15) is 8.42 Å². The number of anilines is 1. The van der Waals surface area contributed by atoms with Crippen molar-refractivity contribution in [2.45, 2.75) is 6.54 Å². The van der Waals surface area contributed by atoms with Gasteiger partial charge in [0.15, 0.2) is 0 Å². The van der Waals surface area contributed by atoms with Crippen molar-refractivity contribution in [1.82, 2.24) is 5.43 Å². The van der Waals surface area contributed by atoms with Gasteiger partial charge in [-0.15, -0.1) is 0 Å². The summed E-state index contributed by atoms with van der Waals surface area (Å²) in [5.41, 5.74) is 4.05. The van der Waals surface area contributed by atoms with Crippen LogP contribution in [0.25, 0.3) is 0 Å². The third-order valence-corrected chi connectivity index (χ3v) is 2.17. The summed E-state index contributed by atoms with van der Waals surface area (Å²) in [6, 6.07) is 6.97. The molecule has 14 heavy (non-hydrogen) atoms. The number of hydrogen-bond acceptors (Lipinski definition) is 4. The van der Waals surface area contributed by atoms with Gasteiger partial charge in [-0.1, -0.05) is 12.1 Å². The van der Waals surface area contributed by atoms with E-state index < -0.39 is 10.0 Å². The van der Waals surface area contributed by atoms with Crippen LogP contribution in [0.3, 0.4) is 0 Å². The summed E-state index contributed by atoms with van der Waals surface area (Å²) in [4.78, 5) is 0. The van der Waals surface area contributed by atoms with Crippen LogP contribution in [0.4, 0.5) is 5.69 Å². The van der Waals surface area contributed by atoms with Gasteiger partial charge < -0.3 is 0 Å². The zero-order valence-electron chi connectivity index (χ0n) is 7.82. The SMILES string of the molecule is CS(=O)(=O)Nc1ccc(CNN)cc1. The third-order valence-electron chi connectivity index (χ3n) is 1.56. The van der Waals surface area contributed by atoms with E-state index in [-0.39, 0.29) is 0 Å². The summed E-state index contributed by atoms with van der Waals surface area (Å²) in [5.74, 6) is 5.14. The number of nitrogens with one attached hydrogen (secondary N) is 2. The highest BCUT2D eigenvalue weighted by Gasteiger charge is 2.00. The smallest absolute Gasteiger partial charge is 0.229 e. The maximum absolute atomic E-state index is 10.9. The number of hydrogen-bond donors (Lipinski definition) is 3. The molecule has 0 amide bonds. The summed E-state index contributed by atoms with van der Waals surface area (Å²) in [6.45, 7) is 0.555. The Hall–Kier alpha value is -1.11. The standard InChI is InChI=1S/C8H13N3O2S/c1-14(12,13)11-8-4-2-7(3-5-8)6-10-9/h2-5,10-11H,6,9H2,1H3. The topological polar surface area (TPSA) is 84.2 Å². The zero-order valence-corrected chi connectivity index (χ0v) is 8.64. The lowest BCUT2D eigenvalue weighted by Gasteiger charge is -2.04. The van der Waals surface area contributed by atoms with Crippen molar-refractivity contribution in [3.63, 3.8) is 0 Å². The minimum absolute atomic E-state index is 0.549. The van der Waals surface area contributed by atoms with Crippen LogP contribution in [-0.4, -0.2) is 14.7 Å². The first-order valence-electron chi connectivity index (χ1n) is 4.01. The molecule has 0 aromatic heterocycles. The molecule has 0 aliphatic heterocycles. The van der Waals surface area contributed by atoms with Crippen LogP contribution in [-0.2, 0) is 16.6 Å². The minimum atomic E-state index is -3.19. The highest BCUT2D eigenvalue weighted by Crippen LogP contribution is 2.10. The zero-order chi connectivity index (χ0) is 10.6. The van der Waals surface area contributed by atoms with Crippen LogP contribution in [0.2, 0.25) is 0 Å². The molecule has 1 aromatic rings. The molecule has 1 aromatic carbocycles. The van der Waals surface area contributed by atoms with Gasteiger partial charge in [0.2, 0.25) is 10.0 Å². The Kier molecular flexibility index (Phi) is 3.45. The molecule has 0 radical (unpaired) electrons. The van der Waals surface area contributed by atoms with Crippen molar-refractivity contribution in [3.8, 4) is 0 Å². The Morgan fingerprint density at radius 1 is 1.29 bits per heavy atom. The Bertz CT molecular complexity index is 386. The van der Waals surface area contributed by atoms with Crippen molar-refractivity contribution in [2.75, 3.05) is 11.0 Å². The molecule has 6 heteroatoms. The van der Waals surface area contributed by atoms with Crippen LogP contribution in [0.15, 0.2) is 24.3 Å². The molecule has 0 aliphatic carbocycles. The quantitative estimate of drug-likeness (QED) is 0.488. The molecule has 0 aliphatic rings. The fraction of sp³-hybridized carbons (Fsp3) is 0.250. The van der Waals surface area contributed by atoms with E-state index in [0.717, 1.165) is 11.8 Å². The summed E-state index contributed by atoms with van der Waals surface area (Å²) < 4.78 is 24.1. The van der Waals surface area contributed by atoms with Gasteiger partial charge in [0.05, 0.1) is 6.26 Å². The lowest BCUT2D eigenvalue weighted by Crippen LogP contribution is -2.20. The van der Waals surface area contributed by atoms with Crippen molar-refractivity contribution < 1.29 is 8.42 Å². The highest BCUT2D eigenvalue weighted by atomic mass is 32.2. The second-order valence-electron chi connectivity index (χ2n) is 2.95. The van der Waals surface area contributed by atoms with Crippen LogP contribution in [0.1, 0.15) is 5.56 Å². The first-order valence-corrected chi connectivity index (χ1v) is 5.90. The molecule has 0 atom stereocenters. The maximum Gasteiger partial charge on any atom is 0.229 e. The van der Waals surface area contributed by atoms with Crippen molar-refractivity contribution in [1.29, 1.82) is 0 Å². The van der Waals surface area contributed by atoms with Crippen LogP contribution in [0.5, 0.6) is 0 Å². The number of hydrazine groups is 1. The third kappa shape index (κ3) is 3.73. The summed E-state index contributed by atoms with van der Waals surface area (Å²) >= 11 is 0. The highest BCUT2D eigenvalue weighted by molar-refractivity contribution is 7.92. The summed E-state index contributed by atoms with van der Waals surface area (Å²) in [6.07, 6.45) is 1.11. The monoisotopic (exact) mass is 215 g/mol. The molecule has 0 spiro atoms. The maximum atomic E-state index is 10.9. The predicted molar refractivity (Wildman–Crippen MR) is 55.9 cm³/mol. The average Bonchev–Trinajstić information content (AvgIpc) is 2.06. The molecule has 1 rings (SSSR count). The molecule has 0 bridgehead atoms. The Morgan fingerprint density at radius 2 is 1.86 bits per heavy atom. The number of benzene rings is 1. The van der Waals surface area contributed by atoms with Crippen LogP contribution < -0.4 is 16.0 Å². The van der Waals surface area contributed by atoms with Crippen molar-refractivity contribution in [2.24, 2.45) is 5.84 Å². The van der Waals surface area contributed by atoms with E-state index in [2.05, 4.69) is 10.1 Å². The van der Waals surface area contributed by atoms with Gasteiger partial charge in [-0.05, 0) is 17.7 Å². The number of nitrogens with two attached hydrogens (primary N) is 1. The van der Waals surface area contributed by atoms with E-state index in [1.54, 1.807) is 24.3 Å². The largest absolute Gasteiger partial charge is 0.284 e. The van der Waals surface area contributed by atoms with Gasteiger partial charge in [0.25, 0.3) is 0 Å². The van der Waals surface area contributed by atoms with Crippen molar-refractivity contribution in [3.05, 3.63) is 29.8 Å². The van der Waals surface area contributed by atoms with Crippen molar-refractivity contribution >= 4 is 15.7 Å². The fourth-order valence-electron chi connectivity index (χ4n) is 1.02. The lowest BCUT2D eigenvalue weighted by molar-refractivity contribution is 0.607. The second kappa shape index (κ2) is 4.41. The van der Waals surface area contributed by atoms with E-state index in [4.69, 9.17) is 5.84 Å². The van der Waals surface area contributed by atoms with Gasteiger partial charge in [-0.2, -0.15) is 0 Å². The van der Waals surface area contributed by atoms with Gasteiger partial charge >= 0.3 is 0 Å². The van der Waals surface area contributed by atoms with Crippen LogP contribution >= 0.6 is 0 Å². The molecular formula is C8H13N3O2S.